The lowest BCUT2D eigenvalue weighted by molar-refractivity contribution is 0.189. The zero-order chi connectivity index (χ0) is 12.3. The van der Waals surface area contributed by atoms with Gasteiger partial charge < -0.3 is 15.4 Å². The molecular weight excluding hydrogens is 247 g/mol. The summed E-state index contributed by atoms with van der Waals surface area (Å²) >= 11 is 5.60. The van der Waals surface area contributed by atoms with Crippen molar-refractivity contribution in [2.75, 3.05) is 18.5 Å². The minimum atomic E-state index is -0.632. The van der Waals surface area contributed by atoms with Gasteiger partial charge in [-0.3, -0.25) is 0 Å². The first-order chi connectivity index (χ1) is 8.16. The molecule has 1 aromatic carbocycles. The Kier molecular flexibility index (Phi) is 3.81. The molecule has 1 atom stereocenters. The van der Waals surface area contributed by atoms with Crippen LogP contribution >= 0.6 is 11.6 Å². The number of amides is 2. The highest BCUT2D eigenvalue weighted by molar-refractivity contribution is 6.31. The Morgan fingerprint density at radius 3 is 3.06 bits per heavy atom. The predicted octanol–water partition coefficient (Wildman–Crippen LogP) is 2.39. The highest BCUT2D eigenvalue weighted by atomic mass is 35.5. The van der Waals surface area contributed by atoms with E-state index < -0.39 is 11.8 Å². The molecule has 2 N–H and O–H groups in total. The fourth-order valence-corrected chi connectivity index (χ4v) is 1.77. The van der Waals surface area contributed by atoms with E-state index >= 15 is 0 Å². The molecule has 1 unspecified atom stereocenters. The van der Waals surface area contributed by atoms with E-state index in [2.05, 4.69) is 10.6 Å². The monoisotopic (exact) mass is 258 g/mol. The first-order valence-electron chi connectivity index (χ1n) is 5.26. The summed E-state index contributed by atoms with van der Waals surface area (Å²) in [5.41, 5.74) is 0.0638. The van der Waals surface area contributed by atoms with Gasteiger partial charge in [0.05, 0.1) is 23.4 Å². The van der Waals surface area contributed by atoms with E-state index in [1.807, 2.05) is 0 Å². The van der Waals surface area contributed by atoms with E-state index in [4.69, 9.17) is 16.3 Å². The molecule has 1 heterocycles. The van der Waals surface area contributed by atoms with E-state index in [1.165, 1.54) is 12.1 Å². The van der Waals surface area contributed by atoms with Crippen molar-refractivity contribution in [1.29, 1.82) is 0 Å². The summed E-state index contributed by atoms with van der Waals surface area (Å²) < 4.78 is 18.6. The molecule has 1 aliphatic rings. The summed E-state index contributed by atoms with van der Waals surface area (Å²) in [7, 11) is 0. The van der Waals surface area contributed by atoms with Gasteiger partial charge in [0.2, 0.25) is 0 Å². The van der Waals surface area contributed by atoms with Crippen LogP contribution in [0, 0.1) is 5.82 Å². The average Bonchev–Trinajstić information content (AvgIpc) is 2.77. The number of carbonyl (C=O) groups excluding carboxylic acids is 1. The van der Waals surface area contributed by atoms with Gasteiger partial charge >= 0.3 is 6.03 Å². The molecule has 1 saturated heterocycles. The van der Waals surface area contributed by atoms with Gasteiger partial charge in [-0.05, 0) is 18.6 Å². The SMILES string of the molecule is O=C(Nc1cccc(Cl)c1F)NC1CCOC1. The standard InChI is InChI=1S/C11H12ClFN2O2/c12-8-2-1-3-9(10(8)13)15-11(16)14-7-4-5-17-6-7/h1-3,7H,4-6H2,(H2,14,15,16). The third kappa shape index (κ3) is 3.08. The predicted molar refractivity (Wildman–Crippen MR) is 62.8 cm³/mol. The van der Waals surface area contributed by atoms with Gasteiger partial charge in [-0.1, -0.05) is 17.7 Å². The first-order valence-corrected chi connectivity index (χ1v) is 5.64. The number of benzene rings is 1. The number of rotatable bonds is 2. The summed E-state index contributed by atoms with van der Waals surface area (Å²) in [5.74, 6) is -0.632. The zero-order valence-electron chi connectivity index (χ0n) is 9.00. The van der Waals surface area contributed by atoms with Crippen molar-refractivity contribution >= 4 is 23.3 Å². The average molecular weight is 259 g/mol. The van der Waals surface area contributed by atoms with Crippen molar-refractivity contribution < 1.29 is 13.9 Å². The summed E-state index contributed by atoms with van der Waals surface area (Å²) in [6.07, 6.45) is 0.769. The second kappa shape index (κ2) is 5.33. The number of hydrogen-bond acceptors (Lipinski definition) is 2. The molecule has 2 amide bonds. The molecule has 17 heavy (non-hydrogen) atoms. The number of halogens is 2. The number of anilines is 1. The maximum absolute atomic E-state index is 13.5. The second-order valence-corrected chi connectivity index (χ2v) is 4.17. The van der Waals surface area contributed by atoms with Crippen LogP contribution in [-0.2, 0) is 4.74 Å². The van der Waals surface area contributed by atoms with Crippen LogP contribution in [0.3, 0.4) is 0 Å². The van der Waals surface area contributed by atoms with Crippen LogP contribution < -0.4 is 10.6 Å². The van der Waals surface area contributed by atoms with Crippen LogP contribution in [0.4, 0.5) is 14.9 Å². The molecular formula is C11H12ClFN2O2. The van der Waals surface area contributed by atoms with Gasteiger partial charge in [-0.15, -0.1) is 0 Å². The van der Waals surface area contributed by atoms with E-state index in [-0.39, 0.29) is 16.8 Å². The number of hydrogen-bond donors (Lipinski definition) is 2. The minimum Gasteiger partial charge on any atom is -0.379 e. The van der Waals surface area contributed by atoms with Crippen LogP contribution in [0.2, 0.25) is 5.02 Å². The number of urea groups is 1. The molecule has 1 aliphatic heterocycles. The zero-order valence-corrected chi connectivity index (χ0v) is 9.76. The number of nitrogens with one attached hydrogen (secondary N) is 2. The molecule has 4 nitrogen and oxygen atoms in total. The Hall–Kier alpha value is -1.33. The maximum Gasteiger partial charge on any atom is 0.319 e. The van der Waals surface area contributed by atoms with E-state index in [0.29, 0.717) is 13.2 Å². The number of ether oxygens (including phenoxy) is 1. The fourth-order valence-electron chi connectivity index (χ4n) is 1.59. The topological polar surface area (TPSA) is 50.4 Å². The summed E-state index contributed by atoms with van der Waals surface area (Å²) in [6.45, 7) is 1.13. The van der Waals surface area contributed by atoms with E-state index in [1.54, 1.807) is 6.07 Å². The summed E-state index contributed by atoms with van der Waals surface area (Å²) in [5, 5.41) is 5.08. The smallest absolute Gasteiger partial charge is 0.319 e. The molecule has 1 aromatic rings. The Bertz CT molecular complexity index is 422. The van der Waals surface area contributed by atoms with Crippen molar-refractivity contribution in [3.05, 3.63) is 29.0 Å². The Morgan fingerprint density at radius 1 is 1.53 bits per heavy atom. The van der Waals surface area contributed by atoms with Crippen LogP contribution in [-0.4, -0.2) is 25.3 Å². The molecule has 0 saturated carbocycles. The molecule has 0 aliphatic carbocycles. The van der Waals surface area contributed by atoms with Gasteiger partial charge in [-0.2, -0.15) is 0 Å². The molecule has 1 fully saturated rings. The molecule has 0 radical (unpaired) electrons. The third-order valence-corrected chi connectivity index (χ3v) is 2.76. The quantitative estimate of drug-likeness (QED) is 0.856. The summed E-state index contributed by atoms with van der Waals surface area (Å²) in [6, 6.07) is 3.97. The van der Waals surface area contributed by atoms with Crippen molar-refractivity contribution in [3.63, 3.8) is 0 Å². The lowest BCUT2D eigenvalue weighted by Crippen LogP contribution is -2.38. The van der Waals surface area contributed by atoms with Crippen molar-refractivity contribution in [3.8, 4) is 0 Å². The van der Waals surface area contributed by atoms with Gasteiger partial charge in [0.25, 0.3) is 0 Å². The highest BCUT2D eigenvalue weighted by Crippen LogP contribution is 2.21. The van der Waals surface area contributed by atoms with Gasteiger partial charge in [0.15, 0.2) is 5.82 Å². The van der Waals surface area contributed by atoms with E-state index in [0.717, 1.165) is 6.42 Å². The maximum atomic E-state index is 13.5. The van der Waals surface area contributed by atoms with Crippen LogP contribution in [0.5, 0.6) is 0 Å². The Balaban J connectivity index is 1.95. The normalized spacial score (nSPS) is 19.1. The van der Waals surface area contributed by atoms with Gasteiger partial charge in [0, 0.05) is 6.61 Å². The Morgan fingerprint density at radius 2 is 2.35 bits per heavy atom. The van der Waals surface area contributed by atoms with Gasteiger partial charge in [0.1, 0.15) is 0 Å². The first kappa shape index (κ1) is 12.1. The van der Waals surface area contributed by atoms with Crippen molar-refractivity contribution in [1.82, 2.24) is 5.32 Å². The molecule has 0 spiro atoms. The lowest BCUT2D eigenvalue weighted by atomic mass is 10.2. The highest BCUT2D eigenvalue weighted by Gasteiger charge is 2.18. The second-order valence-electron chi connectivity index (χ2n) is 3.76. The van der Waals surface area contributed by atoms with Crippen molar-refractivity contribution in [2.45, 2.75) is 12.5 Å². The minimum absolute atomic E-state index is 0.0164. The largest absolute Gasteiger partial charge is 0.379 e. The lowest BCUT2D eigenvalue weighted by Gasteiger charge is -2.12. The third-order valence-electron chi connectivity index (χ3n) is 2.46. The fraction of sp³-hybridized carbons (Fsp3) is 0.364. The Labute approximate surface area is 103 Å². The van der Waals surface area contributed by atoms with Crippen LogP contribution in [0.25, 0.3) is 0 Å². The molecule has 0 aromatic heterocycles. The van der Waals surface area contributed by atoms with Crippen LogP contribution in [0.15, 0.2) is 18.2 Å². The van der Waals surface area contributed by atoms with Gasteiger partial charge in [-0.25, -0.2) is 9.18 Å². The molecule has 6 heteroatoms. The number of carbonyl (C=O) groups is 1. The van der Waals surface area contributed by atoms with E-state index in [9.17, 15) is 9.18 Å². The molecule has 92 valence electrons. The molecule has 0 bridgehead atoms. The van der Waals surface area contributed by atoms with Crippen molar-refractivity contribution in [2.24, 2.45) is 0 Å². The van der Waals surface area contributed by atoms with Crippen LogP contribution in [0.1, 0.15) is 6.42 Å². The summed E-state index contributed by atoms with van der Waals surface area (Å²) in [4.78, 5) is 11.5. The molecule has 2 rings (SSSR count).